The predicted octanol–water partition coefficient (Wildman–Crippen LogP) is 0.966. The van der Waals surface area contributed by atoms with Gasteiger partial charge in [-0.2, -0.15) is 0 Å². The lowest BCUT2D eigenvalue weighted by molar-refractivity contribution is 0.0957. The van der Waals surface area contributed by atoms with Gasteiger partial charge in [-0.3, -0.25) is 4.79 Å². The maximum atomic E-state index is 11.4. The molecule has 0 saturated carbocycles. The molecule has 1 amide bonds. The topological polar surface area (TPSA) is 51.2 Å². The number of rotatable bonds is 0. The third-order valence-corrected chi connectivity index (χ3v) is 2.16. The Kier molecular flexibility index (Phi) is 2.18. The van der Waals surface area contributed by atoms with Crippen molar-refractivity contribution in [1.29, 1.82) is 0 Å². The van der Waals surface area contributed by atoms with E-state index in [0.717, 1.165) is 0 Å². The first-order valence-corrected chi connectivity index (χ1v) is 4.63. The van der Waals surface area contributed by atoms with Gasteiger partial charge in [0.2, 0.25) is 0 Å². The number of pyridine rings is 1. The lowest BCUT2D eigenvalue weighted by Crippen LogP contribution is -2.24. The molecule has 0 radical (unpaired) electrons. The van der Waals surface area contributed by atoms with Crippen molar-refractivity contribution in [3.63, 3.8) is 0 Å². The standard InChI is InChI=1S/C8H7BrN2O2/c9-7-3-6-5(4-11-7)8(12)10-1-2-13-6/h3-4H,1-2H2,(H,10,12). The van der Waals surface area contributed by atoms with E-state index in [9.17, 15) is 4.79 Å². The highest BCUT2D eigenvalue weighted by molar-refractivity contribution is 9.10. The minimum Gasteiger partial charge on any atom is -0.491 e. The van der Waals surface area contributed by atoms with Gasteiger partial charge in [-0.15, -0.1) is 0 Å². The number of nitrogens with one attached hydrogen (secondary N) is 1. The molecule has 0 aliphatic carbocycles. The molecule has 1 N–H and O–H groups in total. The third kappa shape index (κ3) is 1.65. The third-order valence-electron chi connectivity index (χ3n) is 1.72. The van der Waals surface area contributed by atoms with Crippen LogP contribution >= 0.6 is 15.9 Å². The van der Waals surface area contributed by atoms with E-state index < -0.39 is 0 Å². The molecule has 4 nitrogen and oxygen atoms in total. The van der Waals surface area contributed by atoms with E-state index in [1.54, 1.807) is 6.07 Å². The van der Waals surface area contributed by atoms with Crippen LogP contribution in [0.2, 0.25) is 0 Å². The van der Waals surface area contributed by atoms with Crippen molar-refractivity contribution in [3.05, 3.63) is 22.4 Å². The summed E-state index contributed by atoms with van der Waals surface area (Å²) >= 11 is 3.21. The van der Waals surface area contributed by atoms with E-state index in [1.165, 1.54) is 6.20 Å². The molecular formula is C8H7BrN2O2. The predicted molar refractivity (Wildman–Crippen MR) is 49.8 cm³/mol. The average Bonchev–Trinajstić information content (AvgIpc) is 2.28. The molecular weight excluding hydrogens is 236 g/mol. The van der Waals surface area contributed by atoms with Gasteiger partial charge in [-0.1, -0.05) is 0 Å². The van der Waals surface area contributed by atoms with Gasteiger partial charge < -0.3 is 10.1 Å². The SMILES string of the molecule is O=C1NCCOc2cc(Br)ncc21. The fourth-order valence-corrected chi connectivity index (χ4v) is 1.43. The van der Waals surface area contributed by atoms with E-state index in [4.69, 9.17) is 4.74 Å². The van der Waals surface area contributed by atoms with Crippen molar-refractivity contribution in [2.45, 2.75) is 0 Å². The second-order valence-electron chi connectivity index (χ2n) is 2.61. The molecule has 2 heterocycles. The number of halogens is 1. The van der Waals surface area contributed by atoms with Gasteiger partial charge in [0, 0.05) is 12.3 Å². The molecule has 1 aromatic heterocycles. The highest BCUT2D eigenvalue weighted by Gasteiger charge is 2.16. The zero-order valence-electron chi connectivity index (χ0n) is 6.71. The number of ether oxygens (including phenoxy) is 1. The van der Waals surface area contributed by atoms with Crippen molar-refractivity contribution in [3.8, 4) is 5.75 Å². The van der Waals surface area contributed by atoms with E-state index in [0.29, 0.717) is 29.1 Å². The number of fused-ring (bicyclic) bond motifs is 1. The zero-order valence-corrected chi connectivity index (χ0v) is 8.30. The summed E-state index contributed by atoms with van der Waals surface area (Å²) < 4.78 is 6.01. The number of hydrogen-bond donors (Lipinski definition) is 1. The molecule has 0 bridgehead atoms. The Labute approximate surface area is 83.4 Å². The van der Waals surface area contributed by atoms with Crippen LogP contribution in [0.5, 0.6) is 5.75 Å². The van der Waals surface area contributed by atoms with Crippen LogP contribution in [0.4, 0.5) is 0 Å². The minimum absolute atomic E-state index is 0.132. The number of carbonyl (C=O) groups is 1. The lowest BCUT2D eigenvalue weighted by Gasteiger charge is -2.03. The molecule has 0 atom stereocenters. The molecule has 0 unspecified atom stereocenters. The van der Waals surface area contributed by atoms with Gasteiger partial charge in [-0.05, 0) is 15.9 Å². The largest absolute Gasteiger partial charge is 0.491 e. The Balaban J connectivity index is 2.48. The first-order valence-electron chi connectivity index (χ1n) is 3.84. The molecule has 68 valence electrons. The maximum Gasteiger partial charge on any atom is 0.256 e. The summed E-state index contributed by atoms with van der Waals surface area (Å²) in [5.41, 5.74) is 0.487. The Morgan fingerprint density at radius 3 is 3.31 bits per heavy atom. The Morgan fingerprint density at radius 2 is 2.46 bits per heavy atom. The van der Waals surface area contributed by atoms with Gasteiger partial charge in [0.1, 0.15) is 17.0 Å². The fourth-order valence-electron chi connectivity index (χ4n) is 1.12. The first kappa shape index (κ1) is 8.50. The molecule has 2 rings (SSSR count). The maximum absolute atomic E-state index is 11.4. The molecule has 13 heavy (non-hydrogen) atoms. The van der Waals surface area contributed by atoms with Gasteiger partial charge >= 0.3 is 0 Å². The molecule has 0 aromatic carbocycles. The van der Waals surface area contributed by atoms with Crippen molar-refractivity contribution >= 4 is 21.8 Å². The van der Waals surface area contributed by atoms with Gasteiger partial charge in [-0.25, -0.2) is 4.98 Å². The number of amides is 1. The smallest absolute Gasteiger partial charge is 0.256 e. The van der Waals surface area contributed by atoms with E-state index >= 15 is 0 Å². The summed E-state index contributed by atoms with van der Waals surface area (Å²) in [7, 11) is 0. The summed E-state index contributed by atoms with van der Waals surface area (Å²) in [5, 5.41) is 2.70. The van der Waals surface area contributed by atoms with Gasteiger partial charge in [0.05, 0.1) is 12.1 Å². The number of nitrogens with zero attached hydrogens (tertiary/aromatic N) is 1. The normalized spacial score (nSPS) is 15.3. The van der Waals surface area contributed by atoms with Crippen LogP contribution in [0.15, 0.2) is 16.9 Å². The van der Waals surface area contributed by atoms with E-state index in [1.807, 2.05) is 0 Å². The lowest BCUT2D eigenvalue weighted by atomic mass is 10.2. The summed E-state index contributed by atoms with van der Waals surface area (Å²) in [5.74, 6) is 0.448. The number of hydrogen-bond acceptors (Lipinski definition) is 3. The molecule has 1 aliphatic heterocycles. The average molecular weight is 243 g/mol. The van der Waals surface area contributed by atoms with Crippen LogP contribution in [-0.2, 0) is 0 Å². The van der Waals surface area contributed by atoms with E-state index in [2.05, 4.69) is 26.2 Å². The molecule has 0 saturated heterocycles. The van der Waals surface area contributed by atoms with E-state index in [-0.39, 0.29) is 5.91 Å². The molecule has 0 spiro atoms. The van der Waals surface area contributed by atoms with Gasteiger partial charge in [0.25, 0.3) is 5.91 Å². The minimum atomic E-state index is -0.132. The van der Waals surface area contributed by atoms with Crippen LogP contribution in [-0.4, -0.2) is 24.0 Å². The van der Waals surface area contributed by atoms with Crippen molar-refractivity contribution in [2.24, 2.45) is 0 Å². The Hall–Kier alpha value is -1.10. The van der Waals surface area contributed by atoms with Crippen LogP contribution in [0.25, 0.3) is 0 Å². The monoisotopic (exact) mass is 242 g/mol. The molecule has 0 fully saturated rings. The number of aromatic nitrogens is 1. The summed E-state index contributed by atoms with van der Waals surface area (Å²) in [6.45, 7) is 1.03. The molecule has 5 heteroatoms. The molecule has 1 aliphatic rings. The Bertz CT molecular complexity index is 354. The van der Waals surface area contributed by atoms with Gasteiger partial charge in [0.15, 0.2) is 0 Å². The second-order valence-corrected chi connectivity index (χ2v) is 3.42. The zero-order chi connectivity index (χ0) is 9.26. The summed E-state index contributed by atoms with van der Waals surface area (Å²) in [4.78, 5) is 15.3. The van der Waals surface area contributed by atoms with Crippen LogP contribution in [0.1, 0.15) is 10.4 Å². The molecule has 1 aromatic rings. The van der Waals surface area contributed by atoms with Crippen molar-refractivity contribution in [1.82, 2.24) is 10.3 Å². The van der Waals surface area contributed by atoms with Crippen molar-refractivity contribution in [2.75, 3.05) is 13.2 Å². The summed E-state index contributed by atoms with van der Waals surface area (Å²) in [6, 6.07) is 1.69. The summed E-state index contributed by atoms with van der Waals surface area (Å²) in [6.07, 6.45) is 1.50. The number of carbonyl (C=O) groups excluding carboxylic acids is 1. The first-order chi connectivity index (χ1) is 6.27. The van der Waals surface area contributed by atoms with Crippen molar-refractivity contribution < 1.29 is 9.53 Å². The quantitative estimate of drug-likeness (QED) is 0.690. The van der Waals surface area contributed by atoms with Crippen LogP contribution in [0, 0.1) is 0 Å². The van der Waals surface area contributed by atoms with Crippen LogP contribution in [0.3, 0.4) is 0 Å². The van der Waals surface area contributed by atoms with Crippen LogP contribution < -0.4 is 10.1 Å². The highest BCUT2D eigenvalue weighted by atomic mass is 79.9. The second kappa shape index (κ2) is 3.33. The fraction of sp³-hybridized carbons (Fsp3) is 0.250. The Morgan fingerprint density at radius 1 is 1.62 bits per heavy atom. The highest BCUT2D eigenvalue weighted by Crippen LogP contribution is 2.22.